The summed E-state index contributed by atoms with van der Waals surface area (Å²) in [5.41, 5.74) is 1.74. The number of H-pyrrole nitrogens is 1. The van der Waals surface area contributed by atoms with Gasteiger partial charge >= 0.3 is 6.18 Å². The second kappa shape index (κ2) is 4.70. The van der Waals surface area contributed by atoms with E-state index in [1.165, 1.54) is 4.52 Å². The molecular formula is C14H10F3N3S. The van der Waals surface area contributed by atoms with E-state index in [1.807, 2.05) is 31.2 Å². The molecule has 0 radical (unpaired) electrons. The molecule has 0 aliphatic heterocycles. The summed E-state index contributed by atoms with van der Waals surface area (Å²) in [7, 11) is 0. The zero-order valence-electron chi connectivity index (χ0n) is 10.9. The van der Waals surface area contributed by atoms with Crippen LogP contribution in [0.15, 0.2) is 36.4 Å². The monoisotopic (exact) mass is 309 g/mol. The summed E-state index contributed by atoms with van der Waals surface area (Å²) in [4.78, 5) is 3.62. The Morgan fingerprint density at radius 3 is 2.57 bits per heavy atom. The molecule has 7 heteroatoms. The molecule has 0 amide bonds. The third kappa shape index (κ3) is 2.44. The average molecular weight is 309 g/mol. The van der Waals surface area contributed by atoms with Crippen molar-refractivity contribution in [2.45, 2.75) is 13.1 Å². The van der Waals surface area contributed by atoms with Gasteiger partial charge in [-0.15, -0.1) is 0 Å². The molecular weight excluding hydrogens is 299 g/mol. The topological polar surface area (TPSA) is 33.1 Å². The van der Waals surface area contributed by atoms with E-state index in [0.717, 1.165) is 17.2 Å². The number of nitrogens with zero attached hydrogens (tertiary/aromatic N) is 2. The Labute approximate surface area is 123 Å². The number of rotatable bonds is 1. The summed E-state index contributed by atoms with van der Waals surface area (Å²) >= 11 is 5.00. The standard InChI is InChI=1S/C14H10F3N3S/c1-8-4-2-3-5-9(8)10-6-12-18-11(14(15,16)17)7-13(21)20(12)19-10/h2-7,19H,1H3. The number of aromatic amines is 1. The first-order valence-electron chi connectivity index (χ1n) is 6.12. The molecule has 2 aromatic heterocycles. The van der Waals surface area contributed by atoms with Crippen LogP contribution in [-0.4, -0.2) is 14.6 Å². The largest absolute Gasteiger partial charge is 0.433 e. The van der Waals surface area contributed by atoms with Gasteiger partial charge in [-0.2, -0.15) is 13.2 Å². The van der Waals surface area contributed by atoms with Crippen LogP contribution in [0.2, 0.25) is 0 Å². The lowest BCUT2D eigenvalue weighted by atomic mass is 10.1. The normalized spacial score (nSPS) is 12.0. The molecule has 0 saturated carbocycles. The van der Waals surface area contributed by atoms with Crippen molar-refractivity contribution in [2.75, 3.05) is 0 Å². The zero-order chi connectivity index (χ0) is 15.2. The Balaban J connectivity index is 2.24. The lowest BCUT2D eigenvalue weighted by Crippen LogP contribution is -2.09. The van der Waals surface area contributed by atoms with Crippen LogP contribution in [-0.2, 0) is 6.18 Å². The minimum absolute atomic E-state index is 0.0344. The van der Waals surface area contributed by atoms with Crippen LogP contribution >= 0.6 is 12.2 Å². The highest BCUT2D eigenvalue weighted by molar-refractivity contribution is 7.71. The molecule has 0 unspecified atom stereocenters. The van der Waals surface area contributed by atoms with Crippen LogP contribution in [0.1, 0.15) is 11.3 Å². The van der Waals surface area contributed by atoms with E-state index < -0.39 is 11.9 Å². The number of hydrogen-bond donors (Lipinski definition) is 1. The van der Waals surface area contributed by atoms with Gasteiger partial charge in [0.2, 0.25) is 0 Å². The molecule has 0 spiro atoms. The van der Waals surface area contributed by atoms with E-state index in [4.69, 9.17) is 12.2 Å². The minimum Gasteiger partial charge on any atom is -0.291 e. The highest BCUT2D eigenvalue weighted by atomic mass is 32.1. The molecule has 3 nitrogen and oxygen atoms in total. The number of nitrogens with one attached hydrogen (secondary N) is 1. The van der Waals surface area contributed by atoms with Crippen LogP contribution in [0.25, 0.3) is 16.9 Å². The van der Waals surface area contributed by atoms with E-state index in [1.54, 1.807) is 6.07 Å². The van der Waals surface area contributed by atoms with E-state index >= 15 is 0 Å². The Morgan fingerprint density at radius 1 is 1.19 bits per heavy atom. The molecule has 0 bridgehead atoms. The van der Waals surface area contributed by atoms with E-state index in [2.05, 4.69) is 10.1 Å². The molecule has 1 aromatic carbocycles. The van der Waals surface area contributed by atoms with Gasteiger partial charge in [0.15, 0.2) is 5.65 Å². The van der Waals surface area contributed by atoms with Crippen LogP contribution in [0, 0.1) is 11.6 Å². The van der Waals surface area contributed by atoms with Crippen molar-refractivity contribution in [3.63, 3.8) is 0 Å². The third-order valence-corrected chi connectivity index (χ3v) is 3.48. The predicted molar refractivity (Wildman–Crippen MR) is 75.6 cm³/mol. The summed E-state index contributed by atoms with van der Waals surface area (Å²) in [6.07, 6.45) is -4.51. The van der Waals surface area contributed by atoms with Crippen molar-refractivity contribution in [1.82, 2.24) is 14.6 Å². The van der Waals surface area contributed by atoms with E-state index in [0.29, 0.717) is 5.69 Å². The zero-order valence-corrected chi connectivity index (χ0v) is 11.7. The van der Waals surface area contributed by atoms with Crippen molar-refractivity contribution in [3.05, 3.63) is 52.3 Å². The maximum absolute atomic E-state index is 12.8. The molecule has 3 rings (SSSR count). The van der Waals surface area contributed by atoms with Gasteiger partial charge in [-0.3, -0.25) is 5.10 Å². The van der Waals surface area contributed by atoms with Crippen LogP contribution < -0.4 is 0 Å². The average Bonchev–Trinajstić information content (AvgIpc) is 2.82. The Morgan fingerprint density at radius 2 is 1.90 bits per heavy atom. The summed E-state index contributed by atoms with van der Waals surface area (Å²) < 4.78 is 39.7. The summed E-state index contributed by atoms with van der Waals surface area (Å²) in [6, 6.07) is 9.98. The number of alkyl halides is 3. The first-order valence-corrected chi connectivity index (χ1v) is 6.53. The smallest absolute Gasteiger partial charge is 0.291 e. The number of fused-ring (bicyclic) bond motifs is 1. The lowest BCUT2D eigenvalue weighted by molar-refractivity contribution is -0.141. The van der Waals surface area contributed by atoms with Crippen molar-refractivity contribution >= 4 is 17.9 Å². The van der Waals surface area contributed by atoms with Crippen LogP contribution in [0.5, 0.6) is 0 Å². The summed E-state index contributed by atoms with van der Waals surface area (Å²) in [5, 5.41) is 2.98. The first-order chi connectivity index (χ1) is 9.86. The third-order valence-electron chi connectivity index (χ3n) is 3.18. The Kier molecular flexibility index (Phi) is 3.09. The number of benzene rings is 1. The predicted octanol–water partition coefficient (Wildman–Crippen LogP) is 4.39. The van der Waals surface area contributed by atoms with Gasteiger partial charge in [0.05, 0.1) is 5.69 Å². The molecule has 0 aliphatic carbocycles. The van der Waals surface area contributed by atoms with Gasteiger partial charge in [0, 0.05) is 17.7 Å². The van der Waals surface area contributed by atoms with Gasteiger partial charge in [-0.05, 0) is 12.5 Å². The number of hydrogen-bond acceptors (Lipinski definition) is 2. The van der Waals surface area contributed by atoms with Gasteiger partial charge in [0.1, 0.15) is 10.3 Å². The second-order valence-corrected chi connectivity index (χ2v) is 5.07. The fraction of sp³-hybridized carbons (Fsp3) is 0.143. The van der Waals surface area contributed by atoms with E-state index in [-0.39, 0.29) is 10.3 Å². The maximum atomic E-state index is 12.8. The van der Waals surface area contributed by atoms with Crippen molar-refractivity contribution < 1.29 is 13.2 Å². The maximum Gasteiger partial charge on any atom is 0.433 e. The number of aryl methyl sites for hydroxylation is 1. The highest BCUT2D eigenvalue weighted by Gasteiger charge is 2.33. The molecule has 3 aromatic rings. The van der Waals surface area contributed by atoms with Gasteiger partial charge in [-0.25, -0.2) is 9.50 Å². The Bertz CT molecular complexity index is 877. The number of aromatic nitrogens is 3. The molecule has 0 aliphatic rings. The highest BCUT2D eigenvalue weighted by Crippen LogP contribution is 2.29. The quantitative estimate of drug-likeness (QED) is 0.676. The van der Waals surface area contributed by atoms with Crippen molar-refractivity contribution in [3.8, 4) is 11.3 Å². The van der Waals surface area contributed by atoms with Crippen molar-refractivity contribution in [2.24, 2.45) is 0 Å². The Hall–Kier alpha value is -2.15. The second-order valence-electron chi connectivity index (χ2n) is 4.66. The van der Waals surface area contributed by atoms with E-state index in [9.17, 15) is 13.2 Å². The summed E-state index contributed by atoms with van der Waals surface area (Å²) in [5.74, 6) is 0. The molecule has 0 fully saturated rings. The molecule has 0 atom stereocenters. The lowest BCUT2D eigenvalue weighted by Gasteiger charge is -2.05. The van der Waals surface area contributed by atoms with Gasteiger partial charge < -0.3 is 0 Å². The molecule has 0 saturated heterocycles. The molecule has 1 N–H and O–H groups in total. The van der Waals surface area contributed by atoms with Crippen molar-refractivity contribution in [1.29, 1.82) is 0 Å². The first kappa shape index (κ1) is 13.8. The molecule has 108 valence electrons. The molecule has 2 heterocycles. The fourth-order valence-corrected chi connectivity index (χ4v) is 2.40. The van der Waals surface area contributed by atoms with Gasteiger partial charge in [-0.1, -0.05) is 36.5 Å². The van der Waals surface area contributed by atoms with Gasteiger partial charge in [0.25, 0.3) is 0 Å². The summed E-state index contributed by atoms with van der Waals surface area (Å²) in [6.45, 7) is 1.93. The number of halogens is 3. The molecule has 21 heavy (non-hydrogen) atoms. The SMILES string of the molecule is Cc1ccccc1-c1cc2nc(C(F)(F)F)cc(=S)n2[nH]1. The van der Waals surface area contributed by atoms with Crippen LogP contribution in [0.4, 0.5) is 13.2 Å². The fourth-order valence-electron chi connectivity index (χ4n) is 2.15. The minimum atomic E-state index is -4.51. The van der Waals surface area contributed by atoms with Crippen LogP contribution in [0.3, 0.4) is 0 Å².